The molecule has 2 saturated carbocycles. The summed E-state index contributed by atoms with van der Waals surface area (Å²) in [5, 5.41) is 13.5. The van der Waals surface area contributed by atoms with E-state index in [1.165, 1.54) is 17.0 Å². The van der Waals surface area contributed by atoms with Crippen LogP contribution in [0, 0.1) is 29.6 Å². The number of H-pyrrole nitrogens is 1. The summed E-state index contributed by atoms with van der Waals surface area (Å²) in [6.07, 6.45) is 0.729. The molecule has 3 fully saturated rings. The number of benzene rings is 3. The molecule has 10 nitrogen and oxygen atoms in total. The second-order valence-electron chi connectivity index (χ2n) is 12.2. The molecule has 4 aliphatic rings. The number of anilines is 2. The molecule has 6 unspecified atom stereocenters. The number of phenols is 1. The van der Waals surface area contributed by atoms with Gasteiger partial charge in [-0.15, -0.1) is 11.8 Å². The highest BCUT2D eigenvalue weighted by Crippen LogP contribution is 2.69. The first-order valence-corrected chi connectivity index (χ1v) is 17.2. The Labute approximate surface area is 282 Å². The molecule has 3 amide bonds. The molecule has 8 rings (SSSR count). The van der Waals surface area contributed by atoms with E-state index in [1.54, 1.807) is 67.4 Å². The number of halogens is 1. The number of aromatic amines is 1. The number of aromatic hydroxyl groups is 1. The van der Waals surface area contributed by atoms with Gasteiger partial charge in [0, 0.05) is 32.3 Å². The molecule has 7 atom stereocenters. The van der Waals surface area contributed by atoms with Crippen molar-refractivity contribution < 1.29 is 29.0 Å². The average molecular weight is 690 g/mol. The van der Waals surface area contributed by atoms with E-state index in [1.807, 2.05) is 6.07 Å². The predicted octanol–water partition coefficient (Wildman–Crippen LogP) is 5.50. The lowest BCUT2D eigenvalue weighted by Gasteiger charge is -2.43. The van der Waals surface area contributed by atoms with Gasteiger partial charge in [-0.1, -0.05) is 22.9 Å². The molecule has 13 heteroatoms. The highest BCUT2D eigenvalue weighted by molar-refractivity contribution is 8.00. The topological polar surface area (TPSA) is 138 Å². The maximum Gasteiger partial charge on any atom is 0.305 e. The molecule has 1 saturated heterocycles. The third kappa shape index (κ3) is 4.92. The van der Waals surface area contributed by atoms with Gasteiger partial charge in [0.05, 0.1) is 29.7 Å². The summed E-state index contributed by atoms with van der Waals surface area (Å²) in [5.41, 5.74) is 1.77. The van der Waals surface area contributed by atoms with Gasteiger partial charge in [0.2, 0.25) is 11.8 Å². The number of nitrogens with zero attached hydrogens (tertiary/aromatic N) is 1. The van der Waals surface area contributed by atoms with Crippen molar-refractivity contribution >= 4 is 63.8 Å². The van der Waals surface area contributed by atoms with E-state index in [2.05, 4.69) is 10.3 Å². The number of carbonyl (C=O) groups excluding carboxylic acids is 3. The van der Waals surface area contributed by atoms with Gasteiger partial charge in [-0.2, -0.15) is 0 Å². The van der Waals surface area contributed by atoms with E-state index in [4.69, 9.17) is 21.1 Å². The number of aromatic nitrogens is 1. The van der Waals surface area contributed by atoms with E-state index in [0.717, 1.165) is 33.2 Å². The molecule has 2 bridgehead atoms. The molecule has 0 spiro atoms. The van der Waals surface area contributed by atoms with E-state index in [0.29, 0.717) is 27.9 Å². The van der Waals surface area contributed by atoms with Gasteiger partial charge in [-0.3, -0.25) is 24.1 Å². The standard InChI is InChI=1S/C34H28ClN3O7S2/c1-44-19-9-5-17(6-10-19)38-32(41)27-21-13-22(28(27)33(38)42)29-26(21)25(30-31(46-29)37-34(43)47-30)20-12-15(35)2-11-23(20)45-14-24(40)36-16-3-7-18(39)8-4-16/h2-12,21-22,25-29,39H,13-14H2,1H3,(H,36,40)(H,37,43)/t21?,22?,25-,26?,27?,28?,29?/m1/s1. The van der Waals surface area contributed by atoms with Crippen LogP contribution in [0.4, 0.5) is 11.4 Å². The number of fused-ring (bicyclic) bond motifs is 9. The SMILES string of the molecule is COc1ccc(N2C(=O)C3C4CC(C3C2=O)C2C4Sc3[nH]c(=O)sc3[C@@H]2c2cc(Cl)ccc2OCC(=O)Nc2ccc(O)cc2)cc1. The Morgan fingerprint density at radius 1 is 1.02 bits per heavy atom. The van der Waals surface area contributed by atoms with Gasteiger partial charge in [0.15, 0.2) is 6.61 Å². The number of thioether (sulfide) groups is 1. The van der Waals surface area contributed by atoms with Gasteiger partial charge >= 0.3 is 4.87 Å². The van der Waals surface area contributed by atoms with Crippen LogP contribution in [-0.2, 0) is 14.4 Å². The van der Waals surface area contributed by atoms with Crippen molar-refractivity contribution in [1.82, 2.24) is 4.98 Å². The van der Waals surface area contributed by atoms with Gasteiger partial charge in [-0.25, -0.2) is 0 Å². The van der Waals surface area contributed by atoms with Gasteiger partial charge in [0.1, 0.15) is 17.2 Å². The third-order valence-electron chi connectivity index (χ3n) is 9.87. The monoisotopic (exact) mass is 689 g/mol. The average Bonchev–Trinajstić information content (AvgIpc) is 3.80. The molecule has 3 N–H and O–H groups in total. The number of imide groups is 1. The van der Waals surface area contributed by atoms with Crippen molar-refractivity contribution in [2.75, 3.05) is 23.9 Å². The van der Waals surface area contributed by atoms with Crippen molar-refractivity contribution in [2.45, 2.75) is 22.6 Å². The lowest BCUT2D eigenvalue weighted by Crippen LogP contribution is -2.42. The molecule has 4 aromatic rings. The van der Waals surface area contributed by atoms with Crippen LogP contribution in [0.1, 0.15) is 22.8 Å². The first-order valence-electron chi connectivity index (χ1n) is 15.1. The summed E-state index contributed by atoms with van der Waals surface area (Å²) in [4.78, 5) is 58.6. The lowest BCUT2D eigenvalue weighted by molar-refractivity contribution is -0.123. The zero-order valence-corrected chi connectivity index (χ0v) is 27.2. The van der Waals surface area contributed by atoms with Gasteiger partial charge in [0.25, 0.3) is 5.91 Å². The summed E-state index contributed by atoms with van der Waals surface area (Å²) in [5.74, 6) is -1.09. The van der Waals surface area contributed by atoms with Gasteiger partial charge in [-0.05, 0) is 90.9 Å². The Kier molecular flexibility index (Phi) is 7.34. The number of phenolic OH excluding ortho intramolecular Hbond substituents is 1. The number of carbonyl (C=O) groups is 3. The maximum atomic E-state index is 14.1. The highest BCUT2D eigenvalue weighted by atomic mass is 35.5. The molecule has 240 valence electrons. The number of nitrogens with one attached hydrogen (secondary N) is 2. The summed E-state index contributed by atoms with van der Waals surface area (Å²) < 4.78 is 11.4. The Morgan fingerprint density at radius 2 is 1.74 bits per heavy atom. The Hall–Kier alpha value is -4.26. The van der Waals surface area contributed by atoms with Crippen LogP contribution in [0.3, 0.4) is 0 Å². The molecule has 1 aromatic heterocycles. The quantitative estimate of drug-likeness (QED) is 0.171. The Balaban J connectivity index is 1.13. The molecule has 2 aliphatic heterocycles. The number of hydrogen-bond donors (Lipinski definition) is 3. The number of ether oxygens (including phenoxy) is 2. The fourth-order valence-electron chi connectivity index (χ4n) is 8.13. The smallest absolute Gasteiger partial charge is 0.305 e. The number of amides is 3. The minimum atomic E-state index is -0.476. The van der Waals surface area contributed by atoms with Crippen LogP contribution in [-0.4, -0.2) is 46.8 Å². The van der Waals surface area contributed by atoms with Crippen LogP contribution in [0.25, 0.3) is 0 Å². The van der Waals surface area contributed by atoms with Crippen molar-refractivity contribution in [3.8, 4) is 17.2 Å². The molecule has 2 aliphatic carbocycles. The van der Waals surface area contributed by atoms with E-state index in [9.17, 15) is 24.3 Å². The first kappa shape index (κ1) is 30.1. The van der Waals surface area contributed by atoms with Crippen LogP contribution < -0.4 is 24.6 Å². The zero-order chi connectivity index (χ0) is 32.6. The molecule has 47 heavy (non-hydrogen) atoms. The second kappa shape index (κ2) is 11.5. The van der Waals surface area contributed by atoms with Gasteiger partial charge < -0.3 is 24.9 Å². The largest absolute Gasteiger partial charge is 0.508 e. The molecular weight excluding hydrogens is 662 g/mol. The summed E-state index contributed by atoms with van der Waals surface area (Å²) >= 11 is 9.30. The number of rotatable bonds is 7. The van der Waals surface area contributed by atoms with Crippen LogP contribution >= 0.6 is 34.7 Å². The van der Waals surface area contributed by atoms with E-state index >= 15 is 0 Å². The van der Waals surface area contributed by atoms with E-state index < -0.39 is 17.7 Å². The highest BCUT2D eigenvalue weighted by Gasteiger charge is 2.69. The second-order valence-corrected chi connectivity index (χ2v) is 14.9. The van der Waals surface area contributed by atoms with Crippen molar-refractivity contribution in [2.24, 2.45) is 29.6 Å². The lowest BCUT2D eigenvalue weighted by atomic mass is 9.68. The molecule has 0 radical (unpaired) electrons. The molecule has 3 aromatic carbocycles. The van der Waals surface area contributed by atoms with Crippen molar-refractivity contribution in [3.63, 3.8) is 0 Å². The Bertz CT molecular complexity index is 1980. The number of hydrogen-bond acceptors (Lipinski definition) is 9. The van der Waals surface area contributed by atoms with Crippen LogP contribution in [0.2, 0.25) is 5.02 Å². The summed E-state index contributed by atoms with van der Waals surface area (Å²) in [6.45, 7) is -0.290. The fourth-order valence-corrected chi connectivity index (χ4v) is 11.2. The summed E-state index contributed by atoms with van der Waals surface area (Å²) in [6, 6.07) is 18.3. The van der Waals surface area contributed by atoms with Crippen molar-refractivity contribution in [3.05, 3.63) is 91.9 Å². The maximum absolute atomic E-state index is 14.1. The fraction of sp³-hybridized carbons (Fsp3) is 0.294. The zero-order valence-electron chi connectivity index (χ0n) is 24.8. The minimum Gasteiger partial charge on any atom is -0.508 e. The van der Waals surface area contributed by atoms with Crippen LogP contribution in [0.15, 0.2) is 76.6 Å². The normalized spacial score (nSPS) is 26.9. The first-order chi connectivity index (χ1) is 22.7. The van der Waals surface area contributed by atoms with E-state index in [-0.39, 0.29) is 58.0 Å². The number of methoxy groups -OCH3 is 1. The predicted molar refractivity (Wildman–Crippen MR) is 178 cm³/mol. The number of thiazole rings is 1. The molecule has 3 heterocycles. The molecular formula is C34H28ClN3O7S2. The van der Waals surface area contributed by atoms with Crippen LogP contribution in [0.5, 0.6) is 17.2 Å². The minimum absolute atomic E-state index is 0.0267. The van der Waals surface area contributed by atoms with Crippen molar-refractivity contribution in [1.29, 1.82) is 0 Å². The summed E-state index contributed by atoms with van der Waals surface area (Å²) in [7, 11) is 1.56. The Morgan fingerprint density at radius 3 is 2.47 bits per heavy atom. The third-order valence-corrected chi connectivity index (χ3v) is 12.7.